The fourth-order valence-corrected chi connectivity index (χ4v) is 1.09. The zero-order chi connectivity index (χ0) is 8.97. The molecule has 0 aromatic heterocycles. The number of benzene rings is 1. The minimum absolute atomic E-state index is 0.204. The minimum Gasteiger partial charge on any atom is -0.508 e. The van der Waals surface area contributed by atoms with E-state index in [0.29, 0.717) is 0 Å². The number of hydrogen-bond acceptors (Lipinski definition) is 3. The molecule has 0 amide bonds. The van der Waals surface area contributed by atoms with E-state index in [1.165, 1.54) is 13.3 Å². The van der Waals surface area contributed by atoms with Gasteiger partial charge in [-0.1, -0.05) is 21.1 Å². The van der Waals surface area contributed by atoms with E-state index >= 15 is 0 Å². The maximum atomic E-state index is 9.11. The molecule has 12 heavy (non-hydrogen) atoms. The van der Waals surface area contributed by atoms with Gasteiger partial charge in [-0.05, 0) is 18.2 Å². The van der Waals surface area contributed by atoms with Gasteiger partial charge in [-0.3, -0.25) is 0 Å². The minimum atomic E-state index is 0.204. The normalized spacial score (nSPS) is 10.5. The van der Waals surface area contributed by atoms with Crippen molar-refractivity contribution in [2.45, 2.75) is 0 Å². The maximum Gasteiger partial charge on any atom is 0.116 e. The van der Waals surface area contributed by atoms with Crippen LogP contribution in [-0.4, -0.2) is 18.4 Å². The highest BCUT2D eigenvalue weighted by Crippen LogP contribution is 2.19. The summed E-state index contributed by atoms with van der Waals surface area (Å²) in [6, 6.07) is 4.92. The number of aromatic hydroxyl groups is 1. The van der Waals surface area contributed by atoms with E-state index in [9.17, 15) is 0 Å². The van der Waals surface area contributed by atoms with Gasteiger partial charge in [-0.15, -0.1) is 0 Å². The largest absolute Gasteiger partial charge is 0.508 e. The van der Waals surface area contributed by atoms with Crippen LogP contribution in [0.15, 0.2) is 27.8 Å². The van der Waals surface area contributed by atoms with Crippen molar-refractivity contribution in [2.24, 2.45) is 5.16 Å². The van der Waals surface area contributed by atoms with Crippen LogP contribution in [0.4, 0.5) is 0 Å². The molecule has 0 fully saturated rings. The fraction of sp³-hybridized carbons (Fsp3) is 0.125. The van der Waals surface area contributed by atoms with Crippen LogP contribution in [0.2, 0.25) is 0 Å². The molecular formula is C8H8BrNO2. The molecule has 0 bridgehead atoms. The lowest BCUT2D eigenvalue weighted by atomic mass is 10.2. The third-order valence-corrected chi connectivity index (χ3v) is 2.00. The van der Waals surface area contributed by atoms with Crippen LogP contribution < -0.4 is 0 Å². The highest BCUT2D eigenvalue weighted by Gasteiger charge is 1.97. The van der Waals surface area contributed by atoms with Gasteiger partial charge >= 0.3 is 0 Å². The molecule has 0 aliphatic rings. The van der Waals surface area contributed by atoms with Crippen molar-refractivity contribution in [3.63, 3.8) is 0 Å². The number of phenols is 1. The van der Waals surface area contributed by atoms with Gasteiger partial charge in [0.2, 0.25) is 0 Å². The Morgan fingerprint density at radius 3 is 3.00 bits per heavy atom. The lowest BCUT2D eigenvalue weighted by molar-refractivity contribution is 0.215. The average Bonchev–Trinajstić information content (AvgIpc) is 2.07. The smallest absolute Gasteiger partial charge is 0.116 e. The molecule has 0 unspecified atom stereocenters. The highest BCUT2D eigenvalue weighted by atomic mass is 79.9. The molecule has 0 heterocycles. The van der Waals surface area contributed by atoms with Crippen molar-refractivity contribution in [1.29, 1.82) is 0 Å². The SMILES string of the molecule is CO/N=C/c1cc(O)ccc1Br. The number of hydrogen-bond donors (Lipinski definition) is 1. The quantitative estimate of drug-likeness (QED) is 0.624. The summed E-state index contributed by atoms with van der Waals surface area (Å²) in [5.74, 6) is 0.204. The van der Waals surface area contributed by atoms with Crippen molar-refractivity contribution in [3.05, 3.63) is 28.2 Å². The standard InChI is InChI=1S/C8H8BrNO2/c1-12-10-5-6-4-7(11)2-3-8(6)9/h2-5,11H,1H3/b10-5+. The summed E-state index contributed by atoms with van der Waals surface area (Å²) in [4.78, 5) is 4.51. The number of rotatable bonds is 2. The molecular weight excluding hydrogens is 222 g/mol. The Hall–Kier alpha value is -1.03. The summed E-state index contributed by atoms with van der Waals surface area (Å²) in [6.07, 6.45) is 1.52. The molecule has 1 N–H and O–H groups in total. The van der Waals surface area contributed by atoms with Crippen molar-refractivity contribution >= 4 is 22.1 Å². The van der Waals surface area contributed by atoms with Crippen LogP contribution in [0, 0.1) is 0 Å². The average molecular weight is 230 g/mol. The van der Waals surface area contributed by atoms with Crippen LogP contribution in [-0.2, 0) is 4.84 Å². The lowest BCUT2D eigenvalue weighted by Crippen LogP contribution is -1.83. The second-order valence-electron chi connectivity index (χ2n) is 2.12. The third-order valence-electron chi connectivity index (χ3n) is 1.28. The molecule has 4 heteroatoms. The van der Waals surface area contributed by atoms with Gasteiger partial charge in [-0.25, -0.2) is 0 Å². The second kappa shape index (κ2) is 4.11. The monoisotopic (exact) mass is 229 g/mol. The Morgan fingerprint density at radius 1 is 1.58 bits per heavy atom. The Labute approximate surface area is 78.8 Å². The summed E-state index contributed by atoms with van der Waals surface area (Å²) in [7, 11) is 1.47. The summed E-state index contributed by atoms with van der Waals surface area (Å²) in [5, 5.41) is 12.7. The number of halogens is 1. The van der Waals surface area contributed by atoms with E-state index in [2.05, 4.69) is 25.9 Å². The second-order valence-corrected chi connectivity index (χ2v) is 2.98. The van der Waals surface area contributed by atoms with E-state index in [0.717, 1.165) is 10.0 Å². The predicted molar refractivity (Wildman–Crippen MR) is 50.4 cm³/mol. The Morgan fingerprint density at radius 2 is 2.33 bits per heavy atom. The zero-order valence-electron chi connectivity index (χ0n) is 6.49. The fourth-order valence-electron chi connectivity index (χ4n) is 0.740. The first-order chi connectivity index (χ1) is 5.74. The predicted octanol–water partition coefficient (Wildman–Crippen LogP) is 2.13. The number of phenolic OH excluding ortho intramolecular Hbond substituents is 1. The summed E-state index contributed by atoms with van der Waals surface area (Å²) >= 11 is 3.30. The van der Waals surface area contributed by atoms with Crippen LogP contribution in [0.3, 0.4) is 0 Å². The number of nitrogens with zero attached hydrogens (tertiary/aromatic N) is 1. The highest BCUT2D eigenvalue weighted by molar-refractivity contribution is 9.10. The molecule has 0 saturated heterocycles. The molecule has 0 atom stereocenters. The molecule has 1 rings (SSSR count). The first-order valence-corrected chi connectivity index (χ1v) is 4.08. The van der Waals surface area contributed by atoms with Crippen molar-refractivity contribution in [3.8, 4) is 5.75 Å². The van der Waals surface area contributed by atoms with Crippen LogP contribution in [0.5, 0.6) is 5.75 Å². The number of oxime groups is 1. The Bertz CT molecular complexity index is 299. The van der Waals surface area contributed by atoms with Gasteiger partial charge in [0, 0.05) is 10.0 Å². The zero-order valence-corrected chi connectivity index (χ0v) is 8.08. The van der Waals surface area contributed by atoms with E-state index in [1.54, 1.807) is 18.2 Å². The van der Waals surface area contributed by atoms with E-state index < -0.39 is 0 Å². The summed E-state index contributed by atoms with van der Waals surface area (Å²) in [6.45, 7) is 0. The molecule has 3 nitrogen and oxygen atoms in total. The first-order valence-electron chi connectivity index (χ1n) is 3.29. The van der Waals surface area contributed by atoms with E-state index in [-0.39, 0.29) is 5.75 Å². The van der Waals surface area contributed by atoms with Crippen LogP contribution in [0.1, 0.15) is 5.56 Å². The van der Waals surface area contributed by atoms with Gasteiger partial charge in [0.25, 0.3) is 0 Å². The molecule has 1 aromatic carbocycles. The molecule has 0 radical (unpaired) electrons. The van der Waals surface area contributed by atoms with Crippen molar-refractivity contribution < 1.29 is 9.94 Å². The maximum absolute atomic E-state index is 9.11. The summed E-state index contributed by atoms with van der Waals surface area (Å²) in [5.41, 5.74) is 0.775. The Kier molecular flexibility index (Phi) is 3.10. The molecule has 1 aromatic rings. The third kappa shape index (κ3) is 2.23. The van der Waals surface area contributed by atoms with Crippen molar-refractivity contribution in [1.82, 2.24) is 0 Å². The van der Waals surface area contributed by atoms with Crippen LogP contribution >= 0.6 is 15.9 Å². The molecule has 0 saturated carbocycles. The molecule has 64 valence electrons. The Balaban J connectivity index is 2.97. The van der Waals surface area contributed by atoms with E-state index in [4.69, 9.17) is 5.11 Å². The molecule has 0 aliphatic heterocycles. The van der Waals surface area contributed by atoms with Gasteiger partial charge in [0.1, 0.15) is 12.9 Å². The first kappa shape index (κ1) is 9.06. The molecule has 0 spiro atoms. The van der Waals surface area contributed by atoms with Gasteiger partial charge in [0.05, 0.1) is 6.21 Å². The van der Waals surface area contributed by atoms with Crippen LogP contribution in [0.25, 0.3) is 0 Å². The van der Waals surface area contributed by atoms with Gasteiger partial charge < -0.3 is 9.94 Å². The summed E-state index contributed by atoms with van der Waals surface area (Å²) < 4.78 is 0.862. The lowest BCUT2D eigenvalue weighted by Gasteiger charge is -1.97. The van der Waals surface area contributed by atoms with Gasteiger partial charge in [-0.2, -0.15) is 0 Å². The molecule has 0 aliphatic carbocycles. The van der Waals surface area contributed by atoms with Crippen molar-refractivity contribution in [2.75, 3.05) is 7.11 Å². The van der Waals surface area contributed by atoms with Gasteiger partial charge in [0.15, 0.2) is 0 Å². The van der Waals surface area contributed by atoms with E-state index in [1.807, 2.05) is 0 Å². The topological polar surface area (TPSA) is 41.8 Å².